The van der Waals surface area contributed by atoms with Crippen LogP contribution in [0.25, 0.3) is 0 Å². The number of hydrogen-bond donors (Lipinski definition) is 2. The molecular weight excluding hydrogens is 302 g/mol. The van der Waals surface area contributed by atoms with Gasteiger partial charge in [0, 0.05) is 25.2 Å². The molecule has 5 nitrogen and oxygen atoms in total. The van der Waals surface area contributed by atoms with Crippen LogP contribution in [0.1, 0.15) is 37.0 Å². The van der Waals surface area contributed by atoms with Crippen molar-refractivity contribution in [2.75, 3.05) is 32.0 Å². The summed E-state index contributed by atoms with van der Waals surface area (Å²) in [5.41, 5.74) is 1.06. The smallest absolute Gasteiger partial charge is 0.255 e. The third kappa shape index (κ3) is 5.31. The molecule has 1 aromatic carbocycles. The third-order valence-electron chi connectivity index (χ3n) is 3.36. The van der Waals surface area contributed by atoms with Crippen LogP contribution in [0.4, 0.5) is 5.69 Å². The number of nitrogens with zero attached hydrogens (tertiary/aromatic N) is 1. The van der Waals surface area contributed by atoms with E-state index in [1.54, 1.807) is 23.1 Å². The number of nitrogens with one attached hydrogen (secondary N) is 2. The van der Waals surface area contributed by atoms with Gasteiger partial charge in [0.1, 0.15) is 0 Å². The lowest BCUT2D eigenvalue weighted by atomic mass is 10.1. The number of hydrogen-bond acceptors (Lipinski definition) is 3. The number of rotatable bonds is 8. The van der Waals surface area contributed by atoms with E-state index >= 15 is 0 Å². The van der Waals surface area contributed by atoms with Gasteiger partial charge >= 0.3 is 0 Å². The molecule has 0 heterocycles. The van der Waals surface area contributed by atoms with Crippen molar-refractivity contribution in [3.05, 3.63) is 28.8 Å². The Balaban J connectivity index is 2.73. The largest absolute Gasteiger partial charge is 0.339 e. The molecule has 22 heavy (non-hydrogen) atoms. The Labute approximate surface area is 137 Å². The molecule has 0 saturated heterocycles. The van der Waals surface area contributed by atoms with Gasteiger partial charge < -0.3 is 15.5 Å². The highest BCUT2D eigenvalue weighted by Gasteiger charge is 2.16. The van der Waals surface area contributed by atoms with Crippen molar-refractivity contribution in [3.8, 4) is 0 Å². The number of amides is 2. The second-order valence-electron chi connectivity index (χ2n) is 4.93. The highest BCUT2D eigenvalue weighted by molar-refractivity contribution is 6.34. The SMILES string of the molecule is CCN(CC)C(=O)c1ccc(NC(=O)CCCNC)cc1Cl. The summed E-state index contributed by atoms with van der Waals surface area (Å²) in [4.78, 5) is 25.7. The van der Waals surface area contributed by atoms with Crippen molar-refractivity contribution >= 4 is 29.1 Å². The lowest BCUT2D eigenvalue weighted by Crippen LogP contribution is -2.30. The van der Waals surface area contributed by atoms with Crippen molar-refractivity contribution in [2.45, 2.75) is 26.7 Å². The van der Waals surface area contributed by atoms with E-state index in [0.29, 0.717) is 35.8 Å². The Hall–Kier alpha value is -1.59. The molecule has 0 aliphatic heterocycles. The van der Waals surface area contributed by atoms with Crippen molar-refractivity contribution in [3.63, 3.8) is 0 Å². The maximum Gasteiger partial charge on any atom is 0.255 e. The molecule has 0 atom stereocenters. The fourth-order valence-electron chi connectivity index (χ4n) is 2.10. The molecule has 1 aromatic rings. The summed E-state index contributed by atoms with van der Waals surface area (Å²) in [6.07, 6.45) is 1.22. The molecule has 0 unspecified atom stereocenters. The van der Waals surface area contributed by atoms with Gasteiger partial charge in [0.2, 0.25) is 5.91 Å². The number of carbonyl (C=O) groups excluding carboxylic acids is 2. The number of carbonyl (C=O) groups is 2. The molecule has 0 saturated carbocycles. The second kappa shape index (κ2) is 9.43. The summed E-state index contributed by atoms with van der Waals surface area (Å²) in [6, 6.07) is 4.99. The Bertz CT molecular complexity index is 516. The van der Waals surface area contributed by atoms with Crippen LogP contribution in [0.5, 0.6) is 0 Å². The van der Waals surface area contributed by atoms with Crippen LogP contribution in [-0.4, -0.2) is 43.4 Å². The number of anilines is 1. The minimum atomic E-state index is -0.0955. The van der Waals surface area contributed by atoms with Crippen LogP contribution < -0.4 is 10.6 Å². The first-order valence-corrected chi connectivity index (χ1v) is 7.94. The Kier molecular flexibility index (Phi) is 7.91. The van der Waals surface area contributed by atoms with E-state index in [0.717, 1.165) is 13.0 Å². The molecule has 0 radical (unpaired) electrons. The van der Waals surface area contributed by atoms with E-state index in [1.807, 2.05) is 20.9 Å². The summed E-state index contributed by atoms with van der Waals surface area (Å²) in [5, 5.41) is 6.14. The maximum absolute atomic E-state index is 12.3. The first kappa shape index (κ1) is 18.5. The molecule has 0 aromatic heterocycles. The van der Waals surface area contributed by atoms with Gasteiger partial charge in [-0.05, 0) is 52.1 Å². The lowest BCUT2D eigenvalue weighted by molar-refractivity contribution is -0.116. The molecule has 0 spiro atoms. The highest BCUT2D eigenvalue weighted by Crippen LogP contribution is 2.22. The van der Waals surface area contributed by atoms with Crippen LogP contribution in [0.2, 0.25) is 5.02 Å². The summed E-state index contributed by atoms with van der Waals surface area (Å²) >= 11 is 6.18. The second-order valence-corrected chi connectivity index (χ2v) is 5.33. The first-order chi connectivity index (χ1) is 10.5. The summed E-state index contributed by atoms with van der Waals surface area (Å²) in [5.74, 6) is -0.156. The number of benzene rings is 1. The van der Waals surface area contributed by atoms with Gasteiger partial charge in [-0.3, -0.25) is 9.59 Å². The van der Waals surface area contributed by atoms with E-state index in [1.165, 1.54) is 0 Å². The summed E-state index contributed by atoms with van der Waals surface area (Å²) < 4.78 is 0. The average molecular weight is 326 g/mol. The van der Waals surface area contributed by atoms with Gasteiger partial charge in [0.05, 0.1) is 10.6 Å². The molecular formula is C16H24ClN3O2. The monoisotopic (exact) mass is 325 g/mol. The Morgan fingerprint density at radius 2 is 1.91 bits per heavy atom. The van der Waals surface area contributed by atoms with Gasteiger partial charge in [-0.1, -0.05) is 11.6 Å². The van der Waals surface area contributed by atoms with Crippen molar-refractivity contribution < 1.29 is 9.59 Å². The zero-order valence-corrected chi connectivity index (χ0v) is 14.2. The minimum absolute atomic E-state index is 0.0610. The maximum atomic E-state index is 12.3. The third-order valence-corrected chi connectivity index (χ3v) is 3.68. The highest BCUT2D eigenvalue weighted by atomic mass is 35.5. The van der Waals surface area contributed by atoms with E-state index < -0.39 is 0 Å². The van der Waals surface area contributed by atoms with Crippen LogP contribution in [-0.2, 0) is 4.79 Å². The van der Waals surface area contributed by atoms with Crippen molar-refractivity contribution in [1.29, 1.82) is 0 Å². The van der Waals surface area contributed by atoms with Crippen molar-refractivity contribution in [2.24, 2.45) is 0 Å². The first-order valence-electron chi connectivity index (χ1n) is 7.56. The zero-order chi connectivity index (χ0) is 16.5. The van der Waals surface area contributed by atoms with Crippen LogP contribution >= 0.6 is 11.6 Å². The molecule has 0 aliphatic carbocycles. The van der Waals surface area contributed by atoms with E-state index in [2.05, 4.69) is 10.6 Å². The fraction of sp³-hybridized carbons (Fsp3) is 0.500. The molecule has 122 valence electrons. The minimum Gasteiger partial charge on any atom is -0.339 e. The molecule has 0 fully saturated rings. The van der Waals surface area contributed by atoms with Crippen molar-refractivity contribution in [1.82, 2.24) is 10.2 Å². The predicted molar refractivity (Wildman–Crippen MR) is 90.5 cm³/mol. The van der Waals surface area contributed by atoms with Crippen LogP contribution in [0, 0.1) is 0 Å². The van der Waals surface area contributed by atoms with Gasteiger partial charge in [0.15, 0.2) is 0 Å². The molecule has 6 heteroatoms. The van der Waals surface area contributed by atoms with Crippen LogP contribution in [0.3, 0.4) is 0 Å². The molecule has 1 rings (SSSR count). The van der Waals surface area contributed by atoms with E-state index in [4.69, 9.17) is 11.6 Å². The van der Waals surface area contributed by atoms with Gasteiger partial charge in [-0.15, -0.1) is 0 Å². The normalized spacial score (nSPS) is 10.4. The zero-order valence-electron chi connectivity index (χ0n) is 13.4. The topological polar surface area (TPSA) is 61.4 Å². The van der Waals surface area contributed by atoms with E-state index in [-0.39, 0.29) is 11.8 Å². The Morgan fingerprint density at radius 3 is 2.45 bits per heavy atom. The Morgan fingerprint density at radius 1 is 1.23 bits per heavy atom. The number of halogens is 1. The van der Waals surface area contributed by atoms with E-state index in [9.17, 15) is 9.59 Å². The predicted octanol–water partition coefficient (Wildman–Crippen LogP) is 2.76. The van der Waals surface area contributed by atoms with Gasteiger partial charge in [-0.2, -0.15) is 0 Å². The standard InChI is InChI=1S/C16H24ClN3O2/c1-4-20(5-2)16(22)13-9-8-12(11-14(13)17)19-15(21)7-6-10-18-3/h8-9,11,18H,4-7,10H2,1-3H3,(H,19,21). The van der Waals surface area contributed by atoms with Gasteiger partial charge in [0.25, 0.3) is 5.91 Å². The average Bonchev–Trinajstić information content (AvgIpc) is 2.48. The summed E-state index contributed by atoms with van der Waals surface area (Å²) in [6.45, 7) is 5.92. The van der Waals surface area contributed by atoms with Crippen LogP contribution in [0.15, 0.2) is 18.2 Å². The van der Waals surface area contributed by atoms with Gasteiger partial charge in [-0.25, -0.2) is 0 Å². The summed E-state index contributed by atoms with van der Waals surface area (Å²) in [7, 11) is 1.85. The quantitative estimate of drug-likeness (QED) is 0.722. The fourth-order valence-corrected chi connectivity index (χ4v) is 2.36. The molecule has 0 bridgehead atoms. The molecule has 0 aliphatic rings. The molecule has 2 N–H and O–H groups in total. The molecule has 2 amide bonds. The lowest BCUT2D eigenvalue weighted by Gasteiger charge is -2.19.